The molecule has 1 unspecified atom stereocenters. The lowest BCUT2D eigenvalue weighted by Crippen LogP contribution is -2.48. The number of benzene rings is 3. The molecular weight excluding hydrogens is 702 g/mol. The summed E-state index contributed by atoms with van der Waals surface area (Å²) in [6.45, 7) is 2.20. The Morgan fingerprint density at radius 2 is 1.49 bits per heavy atom. The summed E-state index contributed by atoms with van der Waals surface area (Å²) in [5.74, 6) is 1.99. The molecule has 4 rings (SSSR count). The summed E-state index contributed by atoms with van der Waals surface area (Å²) < 4.78 is 15.4. The number of amides is 3. The molecule has 0 aliphatic carbocycles. The highest BCUT2D eigenvalue weighted by atomic mass is 16.5. The van der Waals surface area contributed by atoms with Gasteiger partial charge in [-0.15, -0.1) is 6.42 Å². The van der Waals surface area contributed by atoms with Gasteiger partial charge in [0.15, 0.2) is 0 Å². The standard InChI is InChI=1S/C31H40N4O5.C11H13NO3/c1-2-18-39-20-21-40-19-17-33-31(38)27(32)22-34-29(36)13-7-8-14-30(37)35-23-26-11-4-3-9-24(26)15-16-25-10-5-6-12-28(25)35;12-9-4-6-10(7-5-9)15-11(14)3-1-2-8-13/h1,3-6,9-12,27H,7-8,13-23,32H2,(H,33,38)(H,34,36);4-8H,1-3,12H2. The van der Waals surface area contributed by atoms with Crippen LogP contribution in [-0.2, 0) is 52.8 Å². The van der Waals surface area contributed by atoms with E-state index in [0.29, 0.717) is 76.5 Å². The molecule has 0 radical (unpaired) electrons. The number of esters is 1. The van der Waals surface area contributed by atoms with Gasteiger partial charge in [0, 0.05) is 50.1 Å². The molecule has 0 saturated heterocycles. The molecule has 3 aromatic rings. The molecule has 3 aromatic carbocycles. The normalized spacial score (nSPS) is 12.2. The lowest BCUT2D eigenvalue weighted by atomic mass is 9.95. The van der Waals surface area contributed by atoms with Crippen LogP contribution in [0.2, 0.25) is 0 Å². The van der Waals surface area contributed by atoms with Crippen LogP contribution in [0, 0.1) is 12.3 Å². The first-order valence-corrected chi connectivity index (χ1v) is 18.6. The minimum atomic E-state index is -0.862. The number of carbonyl (C=O) groups excluding carboxylic acids is 5. The van der Waals surface area contributed by atoms with Crippen molar-refractivity contribution < 1.29 is 38.2 Å². The summed E-state index contributed by atoms with van der Waals surface area (Å²) in [4.78, 5) is 60.8. The van der Waals surface area contributed by atoms with E-state index in [0.717, 1.165) is 24.8 Å². The number of nitrogens with zero attached hydrogens (tertiary/aromatic N) is 1. The van der Waals surface area contributed by atoms with Gasteiger partial charge in [0.05, 0.1) is 26.4 Å². The van der Waals surface area contributed by atoms with Crippen LogP contribution in [-0.4, -0.2) is 75.5 Å². The van der Waals surface area contributed by atoms with Crippen molar-refractivity contribution in [3.8, 4) is 18.1 Å². The Labute approximate surface area is 323 Å². The summed E-state index contributed by atoms with van der Waals surface area (Å²) in [5, 5.41) is 5.37. The SMILES string of the molecule is C#CCOCCOCCNC(=O)C(N)CNC(=O)CCCCC(=O)N1Cc2ccccc2CCc2ccccc21.Nc1ccc(OC(=O)CCCC=O)cc1. The number of nitrogens with two attached hydrogens (primary N) is 2. The summed E-state index contributed by atoms with van der Waals surface area (Å²) in [5.41, 5.74) is 16.6. The van der Waals surface area contributed by atoms with Crippen molar-refractivity contribution in [1.82, 2.24) is 10.6 Å². The van der Waals surface area contributed by atoms with Gasteiger partial charge in [0.25, 0.3) is 0 Å². The number of aryl methyl sites for hydroxylation is 2. The maximum absolute atomic E-state index is 13.3. The topological polar surface area (TPSA) is 192 Å². The van der Waals surface area contributed by atoms with Crippen LogP contribution in [0.1, 0.15) is 61.6 Å². The predicted molar refractivity (Wildman–Crippen MR) is 211 cm³/mol. The van der Waals surface area contributed by atoms with Gasteiger partial charge in [-0.2, -0.15) is 0 Å². The molecule has 1 aliphatic heterocycles. The van der Waals surface area contributed by atoms with Gasteiger partial charge in [-0.3, -0.25) is 19.2 Å². The number of carbonyl (C=O) groups is 5. The molecule has 0 aromatic heterocycles. The molecule has 6 N–H and O–H groups in total. The van der Waals surface area contributed by atoms with Gasteiger partial charge < -0.3 is 46.0 Å². The van der Waals surface area contributed by atoms with Crippen molar-refractivity contribution in [2.75, 3.05) is 50.2 Å². The molecule has 13 nitrogen and oxygen atoms in total. The van der Waals surface area contributed by atoms with Crippen molar-refractivity contribution in [1.29, 1.82) is 0 Å². The molecule has 1 atom stereocenters. The lowest BCUT2D eigenvalue weighted by Gasteiger charge is -2.29. The van der Waals surface area contributed by atoms with E-state index >= 15 is 0 Å². The van der Waals surface area contributed by atoms with Crippen molar-refractivity contribution in [2.24, 2.45) is 5.73 Å². The van der Waals surface area contributed by atoms with Crippen molar-refractivity contribution in [3.63, 3.8) is 0 Å². The minimum absolute atomic E-state index is 0.0361. The van der Waals surface area contributed by atoms with Crippen molar-refractivity contribution >= 4 is 41.4 Å². The first kappa shape index (κ1) is 43.9. The van der Waals surface area contributed by atoms with Crippen LogP contribution in [0.5, 0.6) is 5.75 Å². The number of anilines is 2. The van der Waals surface area contributed by atoms with Crippen LogP contribution in [0.3, 0.4) is 0 Å². The van der Waals surface area contributed by atoms with Crippen molar-refractivity contribution in [2.45, 2.75) is 70.4 Å². The summed E-state index contributed by atoms with van der Waals surface area (Å²) in [6.07, 6.45) is 10.6. The average Bonchev–Trinajstić information content (AvgIpc) is 3.18. The zero-order chi connectivity index (χ0) is 39.7. The van der Waals surface area contributed by atoms with Gasteiger partial charge in [-0.1, -0.05) is 48.4 Å². The second-order valence-corrected chi connectivity index (χ2v) is 12.8. The number of unbranched alkanes of at least 4 members (excludes halogenated alkanes) is 2. The van der Waals surface area contributed by atoms with E-state index in [1.165, 1.54) is 16.7 Å². The highest BCUT2D eigenvalue weighted by Crippen LogP contribution is 2.29. The molecular formula is C42H53N5O8. The second-order valence-electron chi connectivity index (χ2n) is 12.8. The summed E-state index contributed by atoms with van der Waals surface area (Å²) in [7, 11) is 0. The summed E-state index contributed by atoms with van der Waals surface area (Å²) in [6, 6.07) is 22.1. The Morgan fingerprint density at radius 1 is 0.818 bits per heavy atom. The molecule has 0 saturated carbocycles. The maximum atomic E-state index is 13.3. The largest absolute Gasteiger partial charge is 0.427 e. The number of hydrogen-bond acceptors (Lipinski definition) is 10. The Bertz CT molecular complexity index is 1710. The van der Waals surface area contributed by atoms with Gasteiger partial charge in [-0.05, 0) is 79.1 Å². The molecule has 0 spiro atoms. The number of nitrogen functional groups attached to an aromatic ring is 1. The Balaban J connectivity index is 0.000000452. The molecule has 294 valence electrons. The highest BCUT2D eigenvalue weighted by Gasteiger charge is 2.22. The molecule has 1 aliphatic rings. The number of terminal acetylenes is 1. The van der Waals surface area contributed by atoms with Gasteiger partial charge in [0.1, 0.15) is 24.7 Å². The van der Waals surface area contributed by atoms with Crippen LogP contribution in [0.15, 0.2) is 72.8 Å². The van der Waals surface area contributed by atoms with E-state index < -0.39 is 6.04 Å². The number of aldehydes is 1. The third kappa shape index (κ3) is 17.0. The molecule has 55 heavy (non-hydrogen) atoms. The van der Waals surface area contributed by atoms with Gasteiger partial charge in [-0.25, -0.2) is 0 Å². The molecule has 13 heteroatoms. The third-order valence-electron chi connectivity index (χ3n) is 8.51. The van der Waals surface area contributed by atoms with E-state index in [2.05, 4.69) is 34.8 Å². The molecule has 0 bridgehead atoms. The zero-order valence-electron chi connectivity index (χ0n) is 31.3. The van der Waals surface area contributed by atoms with E-state index in [1.807, 2.05) is 35.2 Å². The maximum Gasteiger partial charge on any atom is 0.311 e. The number of rotatable bonds is 20. The average molecular weight is 756 g/mol. The third-order valence-corrected chi connectivity index (χ3v) is 8.51. The van der Waals surface area contributed by atoms with E-state index in [1.54, 1.807) is 24.3 Å². The fraction of sp³-hybridized carbons (Fsp3) is 0.405. The van der Waals surface area contributed by atoms with E-state index in [4.69, 9.17) is 32.1 Å². The zero-order valence-corrected chi connectivity index (χ0v) is 31.3. The van der Waals surface area contributed by atoms with E-state index in [-0.39, 0.29) is 49.7 Å². The fourth-order valence-corrected chi connectivity index (χ4v) is 5.57. The molecule has 0 fully saturated rings. The van der Waals surface area contributed by atoms with Crippen LogP contribution >= 0.6 is 0 Å². The van der Waals surface area contributed by atoms with Gasteiger partial charge in [0.2, 0.25) is 17.7 Å². The van der Waals surface area contributed by atoms with E-state index in [9.17, 15) is 24.0 Å². The number of hydrogen-bond donors (Lipinski definition) is 4. The first-order chi connectivity index (χ1) is 26.7. The van der Waals surface area contributed by atoms with Crippen LogP contribution < -0.4 is 31.7 Å². The van der Waals surface area contributed by atoms with Gasteiger partial charge >= 0.3 is 5.97 Å². The monoisotopic (exact) mass is 755 g/mol. The Hall–Kier alpha value is -5.55. The summed E-state index contributed by atoms with van der Waals surface area (Å²) >= 11 is 0. The predicted octanol–water partition coefficient (Wildman–Crippen LogP) is 3.65. The molecule has 3 amide bonds. The quantitative estimate of drug-likeness (QED) is 0.0331. The molecule has 1 heterocycles. The lowest BCUT2D eigenvalue weighted by molar-refractivity contribution is -0.134. The van der Waals surface area contributed by atoms with Crippen LogP contribution in [0.4, 0.5) is 11.4 Å². The Morgan fingerprint density at radius 3 is 2.24 bits per heavy atom. The number of para-hydroxylation sites is 1. The smallest absolute Gasteiger partial charge is 0.311 e. The first-order valence-electron chi connectivity index (χ1n) is 18.6. The fourth-order valence-electron chi connectivity index (χ4n) is 5.57. The Kier molecular flexibility index (Phi) is 20.3. The van der Waals surface area contributed by atoms with Crippen molar-refractivity contribution in [3.05, 3.63) is 89.5 Å². The second kappa shape index (κ2) is 25.5. The number of fused-ring (bicyclic) bond motifs is 2. The number of ether oxygens (including phenoxy) is 3. The highest BCUT2D eigenvalue weighted by molar-refractivity contribution is 5.94. The van der Waals surface area contributed by atoms with Crippen LogP contribution in [0.25, 0.3) is 0 Å². The minimum Gasteiger partial charge on any atom is -0.427 e. The number of nitrogens with one attached hydrogen (secondary N) is 2.